The summed E-state index contributed by atoms with van der Waals surface area (Å²) >= 11 is 0. The minimum Gasteiger partial charge on any atom is -0.487 e. The summed E-state index contributed by atoms with van der Waals surface area (Å²) in [7, 11) is 3.54. The molecule has 0 saturated carbocycles. The van der Waals surface area contributed by atoms with Crippen molar-refractivity contribution < 1.29 is 9.53 Å². The van der Waals surface area contributed by atoms with E-state index >= 15 is 0 Å². The minimum atomic E-state index is -0.199. The molecule has 2 rings (SSSR count). The molecule has 1 atom stereocenters. The first-order chi connectivity index (χ1) is 9.30. The first-order valence-corrected chi connectivity index (χ1v) is 7.04. The van der Waals surface area contributed by atoms with Crippen LogP contribution in [0.5, 0.6) is 5.75 Å². The van der Waals surface area contributed by atoms with Crippen LogP contribution < -0.4 is 10.1 Å². The molecule has 0 radical (unpaired) electrons. The zero-order valence-corrected chi connectivity index (χ0v) is 13.0. The van der Waals surface area contributed by atoms with Crippen molar-refractivity contribution in [3.8, 4) is 5.75 Å². The number of hydrogen-bond donors (Lipinski definition) is 1. The van der Waals surface area contributed by atoms with E-state index in [1.807, 2.05) is 6.92 Å². The first kappa shape index (κ1) is 14.9. The van der Waals surface area contributed by atoms with Gasteiger partial charge in [0.2, 0.25) is 5.91 Å². The Kier molecular flexibility index (Phi) is 4.04. The molecule has 20 heavy (non-hydrogen) atoms. The van der Waals surface area contributed by atoms with Crippen LogP contribution in [0.2, 0.25) is 0 Å². The van der Waals surface area contributed by atoms with Crippen LogP contribution in [0.15, 0.2) is 18.2 Å². The van der Waals surface area contributed by atoms with Gasteiger partial charge in [0.05, 0.1) is 6.04 Å². The van der Waals surface area contributed by atoms with Gasteiger partial charge >= 0.3 is 0 Å². The van der Waals surface area contributed by atoms with Gasteiger partial charge in [-0.2, -0.15) is 0 Å². The molecular weight excluding hydrogens is 252 g/mol. The lowest BCUT2D eigenvalue weighted by atomic mass is 10.0. The molecule has 1 heterocycles. The maximum atomic E-state index is 11.8. The number of likely N-dealkylation sites (N-methyl/N-ethyl adjacent to an activating group) is 1. The van der Waals surface area contributed by atoms with E-state index in [2.05, 4.69) is 37.4 Å². The fraction of sp³-hybridized carbons (Fsp3) is 0.562. The van der Waals surface area contributed by atoms with Gasteiger partial charge in [-0.25, -0.2) is 0 Å². The predicted octanol–water partition coefficient (Wildman–Crippen LogP) is 1.97. The van der Waals surface area contributed by atoms with Gasteiger partial charge in [-0.1, -0.05) is 18.2 Å². The average molecular weight is 276 g/mol. The van der Waals surface area contributed by atoms with Gasteiger partial charge in [-0.15, -0.1) is 0 Å². The van der Waals surface area contributed by atoms with E-state index in [-0.39, 0.29) is 17.6 Å². The predicted molar refractivity (Wildman–Crippen MR) is 79.8 cm³/mol. The Labute approximate surface area is 121 Å². The van der Waals surface area contributed by atoms with Gasteiger partial charge in [0.15, 0.2) is 0 Å². The maximum Gasteiger partial charge on any atom is 0.238 e. The summed E-state index contributed by atoms with van der Waals surface area (Å²) in [5.74, 6) is 1.06. The Bertz CT molecular complexity index is 509. The number of carbonyl (C=O) groups is 1. The molecule has 0 fully saturated rings. The Morgan fingerprint density at radius 2 is 2.15 bits per heavy atom. The number of nitrogens with one attached hydrogen (secondary N) is 1. The number of rotatable bonds is 4. The lowest BCUT2D eigenvalue weighted by Gasteiger charge is -2.20. The molecule has 1 aromatic carbocycles. The zero-order valence-electron chi connectivity index (χ0n) is 13.0. The van der Waals surface area contributed by atoms with Gasteiger partial charge < -0.3 is 15.0 Å². The highest BCUT2D eigenvalue weighted by Gasteiger charge is 2.31. The Balaban J connectivity index is 2.06. The number of nitrogens with zero attached hydrogens (tertiary/aromatic N) is 1. The Morgan fingerprint density at radius 1 is 1.45 bits per heavy atom. The van der Waals surface area contributed by atoms with Gasteiger partial charge in [-0.3, -0.25) is 4.79 Å². The standard InChI is InChI=1S/C16H24N2O2/c1-11(15(19)18(4)5)17-10-13-8-6-7-12-9-16(2,3)20-14(12)13/h6-8,11,17H,9-10H2,1-5H3. The molecule has 1 aromatic rings. The zero-order chi connectivity index (χ0) is 14.9. The topological polar surface area (TPSA) is 41.6 Å². The third-order valence-electron chi connectivity index (χ3n) is 3.58. The third kappa shape index (κ3) is 3.12. The van der Waals surface area contributed by atoms with Crippen molar-refractivity contribution in [1.29, 1.82) is 0 Å². The number of para-hydroxylation sites is 1. The molecule has 0 saturated heterocycles. The fourth-order valence-corrected chi connectivity index (χ4v) is 2.56. The summed E-state index contributed by atoms with van der Waals surface area (Å²) in [6.45, 7) is 6.72. The van der Waals surface area contributed by atoms with E-state index in [4.69, 9.17) is 4.74 Å². The van der Waals surface area contributed by atoms with Crippen LogP contribution in [0.25, 0.3) is 0 Å². The Hall–Kier alpha value is -1.55. The summed E-state index contributed by atoms with van der Waals surface area (Å²) in [6.07, 6.45) is 0.933. The van der Waals surface area contributed by atoms with E-state index in [9.17, 15) is 4.79 Å². The van der Waals surface area contributed by atoms with Crippen LogP contribution >= 0.6 is 0 Å². The molecule has 0 aliphatic carbocycles. The molecule has 1 N–H and O–H groups in total. The normalized spacial score (nSPS) is 17.2. The van der Waals surface area contributed by atoms with E-state index in [1.165, 1.54) is 5.56 Å². The fourth-order valence-electron chi connectivity index (χ4n) is 2.56. The molecule has 1 amide bonds. The number of ether oxygens (including phenoxy) is 1. The number of carbonyl (C=O) groups excluding carboxylic acids is 1. The lowest BCUT2D eigenvalue weighted by molar-refractivity contribution is -0.130. The molecule has 1 aliphatic heterocycles. The van der Waals surface area contributed by atoms with Crippen LogP contribution in [-0.2, 0) is 17.8 Å². The van der Waals surface area contributed by atoms with Crippen LogP contribution in [0, 0.1) is 0 Å². The minimum absolute atomic E-state index is 0.0822. The molecule has 0 spiro atoms. The van der Waals surface area contributed by atoms with Crippen LogP contribution in [0.3, 0.4) is 0 Å². The van der Waals surface area contributed by atoms with Gasteiger partial charge in [0, 0.05) is 32.6 Å². The molecule has 1 aliphatic rings. The smallest absolute Gasteiger partial charge is 0.238 e. The molecular formula is C16H24N2O2. The van der Waals surface area contributed by atoms with Crippen LogP contribution in [-0.4, -0.2) is 36.5 Å². The highest BCUT2D eigenvalue weighted by Crippen LogP contribution is 2.37. The number of fused-ring (bicyclic) bond motifs is 1. The summed E-state index contributed by atoms with van der Waals surface area (Å²) in [4.78, 5) is 13.4. The van der Waals surface area contributed by atoms with Crippen LogP contribution in [0.1, 0.15) is 31.9 Å². The van der Waals surface area contributed by atoms with Crippen molar-refractivity contribution >= 4 is 5.91 Å². The molecule has 0 aromatic heterocycles. The second-order valence-corrected chi connectivity index (χ2v) is 6.28. The third-order valence-corrected chi connectivity index (χ3v) is 3.58. The highest BCUT2D eigenvalue weighted by molar-refractivity contribution is 5.80. The van der Waals surface area contributed by atoms with Crippen molar-refractivity contribution in [2.24, 2.45) is 0 Å². The van der Waals surface area contributed by atoms with E-state index in [0.717, 1.165) is 17.7 Å². The monoisotopic (exact) mass is 276 g/mol. The quantitative estimate of drug-likeness (QED) is 0.914. The molecule has 4 heteroatoms. The second kappa shape index (κ2) is 5.44. The van der Waals surface area contributed by atoms with Crippen LogP contribution in [0.4, 0.5) is 0 Å². The molecule has 110 valence electrons. The van der Waals surface area contributed by atoms with Crippen molar-refractivity contribution in [2.45, 2.75) is 45.4 Å². The summed E-state index contributed by atoms with van der Waals surface area (Å²) in [6, 6.07) is 6.02. The molecule has 0 bridgehead atoms. The largest absolute Gasteiger partial charge is 0.487 e. The van der Waals surface area contributed by atoms with Crippen molar-refractivity contribution in [1.82, 2.24) is 10.2 Å². The SMILES string of the molecule is CC(NCc1cccc2c1OC(C)(C)C2)C(=O)N(C)C. The Morgan fingerprint density at radius 3 is 2.80 bits per heavy atom. The molecule has 4 nitrogen and oxygen atoms in total. The van der Waals surface area contributed by atoms with Gasteiger partial charge in [-0.05, 0) is 26.3 Å². The number of amides is 1. The van der Waals surface area contributed by atoms with E-state index in [1.54, 1.807) is 19.0 Å². The second-order valence-electron chi connectivity index (χ2n) is 6.28. The molecule has 1 unspecified atom stereocenters. The maximum absolute atomic E-state index is 11.8. The first-order valence-electron chi connectivity index (χ1n) is 7.04. The van der Waals surface area contributed by atoms with Gasteiger partial charge in [0.1, 0.15) is 11.4 Å². The van der Waals surface area contributed by atoms with Gasteiger partial charge in [0.25, 0.3) is 0 Å². The summed E-state index contributed by atoms with van der Waals surface area (Å²) in [5, 5.41) is 3.27. The highest BCUT2D eigenvalue weighted by atomic mass is 16.5. The summed E-state index contributed by atoms with van der Waals surface area (Å²) < 4.78 is 6.03. The summed E-state index contributed by atoms with van der Waals surface area (Å²) in [5.41, 5.74) is 2.23. The lowest BCUT2D eigenvalue weighted by Crippen LogP contribution is -2.41. The average Bonchev–Trinajstić information content (AvgIpc) is 2.69. The number of benzene rings is 1. The van der Waals surface area contributed by atoms with E-state index in [0.29, 0.717) is 6.54 Å². The van der Waals surface area contributed by atoms with E-state index < -0.39 is 0 Å². The van der Waals surface area contributed by atoms with Crippen molar-refractivity contribution in [3.63, 3.8) is 0 Å². The van der Waals surface area contributed by atoms with Crippen molar-refractivity contribution in [3.05, 3.63) is 29.3 Å². The number of hydrogen-bond acceptors (Lipinski definition) is 3. The van der Waals surface area contributed by atoms with Crippen molar-refractivity contribution in [2.75, 3.05) is 14.1 Å².